The van der Waals surface area contributed by atoms with Gasteiger partial charge in [-0.25, -0.2) is 4.98 Å². The van der Waals surface area contributed by atoms with Crippen molar-refractivity contribution in [1.82, 2.24) is 10.3 Å². The Morgan fingerprint density at radius 1 is 1.07 bits per heavy atom. The van der Waals surface area contributed by atoms with Crippen molar-refractivity contribution in [2.45, 2.75) is 33.2 Å². The van der Waals surface area contributed by atoms with Gasteiger partial charge in [0.1, 0.15) is 0 Å². The summed E-state index contributed by atoms with van der Waals surface area (Å²) in [6.07, 6.45) is 0.141. The van der Waals surface area contributed by atoms with Crippen molar-refractivity contribution in [1.29, 1.82) is 0 Å². The first-order valence-electron chi connectivity index (χ1n) is 9.07. The molecule has 144 valence electrons. The van der Waals surface area contributed by atoms with Crippen molar-refractivity contribution in [3.63, 3.8) is 0 Å². The highest BCUT2D eigenvalue weighted by Crippen LogP contribution is 2.27. The zero-order chi connectivity index (χ0) is 20.1. The molecule has 6 heteroatoms. The van der Waals surface area contributed by atoms with Gasteiger partial charge in [0.15, 0.2) is 5.13 Å². The molecule has 0 fully saturated rings. The molecule has 0 bridgehead atoms. The summed E-state index contributed by atoms with van der Waals surface area (Å²) in [5.41, 5.74) is 5.20. The molecule has 2 N–H and O–H groups in total. The maximum atomic E-state index is 12.5. The van der Waals surface area contributed by atoms with Gasteiger partial charge < -0.3 is 10.6 Å². The highest BCUT2D eigenvalue weighted by Gasteiger charge is 2.18. The molecule has 0 saturated heterocycles. The standard InChI is InChI=1S/C22H23N3O2S/c1-14-9-10-18(11-15(14)2)20-13-28-22(24-20)25-21(27)12-19(23-16(3)26)17-7-5-4-6-8-17/h4-11,13,19H,12H2,1-3H3,(H,23,26)(H,24,25,27). The fourth-order valence-electron chi connectivity index (χ4n) is 2.90. The van der Waals surface area contributed by atoms with Gasteiger partial charge in [-0.05, 0) is 36.6 Å². The molecule has 0 aliphatic heterocycles. The number of thiazole rings is 1. The smallest absolute Gasteiger partial charge is 0.228 e. The van der Waals surface area contributed by atoms with Crippen LogP contribution in [0.5, 0.6) is 0 Å². The van der Waals surface area contributed by atoms with Crippen LogP contribution >= 0.6 is 11.3 Å². The third-order valence-electron chi connectivity index (χ3n) is 4.52. The summed E-state index contributed by atoms with van der Waals surface area (Å²) in [6, 6.07) is 15.3. The molecule has 0 radical (unpaired) electrons. The lowest BCUT2D eigenvalue weighted by molar-refractivity contribution is -0.120. The number of amides is 2. The topological polar surface area (TPSA) is 71.1 Å². The Morgan fingerprint density at radius 3 is 2.50 bits per heavy atom. The zero-order valence-corrected chi connectivity index (χ0v) is 17.0. The lowest BCUT2D eigenvalue weighted by Gasteiger charge is -2.17. The normalized spacial score (nSPS) is 11.7. The number of hydrogen-bond donors (Lipinski definition) is 2. The van der Waals surface area contributed by atoms with Crippen LogP contribution in [0.3, 0.4) is 0 Å². The molecule has 0 spiro atoms. The summed E-state index contributed by atoms with van der Waals surface area (Å²) in [5, 5.41) is 8.17. The van der Waals surface area contributed by atoms with Crippen LogP contribution in [-0.4, -0.2) is 16.8 Å². The quantitative estimate of drug-likeness (QED) is 0.641. The molecule has 28 heavy (non-hydrogen) atoms. The summed E-state index contributed by atoms with van der Waals surface area (Å²) < 4.78 is 0. The van der Waals surface area contributed by atoms with Crippen LogP contribution in [0.2, 0.25) is 0 Å². The van der Waals surface area contributed by atoms with Gasteiger partial charge in [-0.1, -0.05) is 42.5 Å². The van der Waals surface area contributed by atoms with E-state index in [1.807, 2.05) is 41.8 Å². The van der Waals surface area contributed by atoms with Gasteiger partial charge >= 0.3 is 0 Å². The lowest BCUT2D eigenvalue weighted by Crippen LogP contribution is -2.29. The molecule has 1 aromatic heterocycles. The Morgan fingerprint density at radius 2 is 1.82 bits per heavy atom. The molecule has 3 aromatic rings. The molecule has 0 aliphatic rings. The summed E-state index contributed by atoms with van der Waals surface area (Å²) in [5.74, 6) is -0.364. The van der Waals surface area contributed by atoms with E-state index in [0.29, 0.717) is 5.13 Å². The van der Waals surface area contributed by atoms with Gasteiger partial charge in [-0.15, -0.1) is 11.3 Å². The molecule has 1 atom stereocenters. The first kappa shape index (κ1) is 19.8. The number of rotatable bonds is 6. The largest absolute Gasteiger partial charge is 0.349 e. The maximum Gasteiger partial charge on any atom is 0.228 e. The number of anilines is 1. The van der Waals surface area contributed by atoms with Gasteiger partial charge in [0.2, 0.25) is 11.8 Å². The summed E-state index contributed by atoms with van der Waals surface area (Å²) in [4.78, 5) is 28.6. The minimum atomic E-state index is -0.377. The monoisotopic (exact) mass is 393 g/mol. The predicted molar refractivity (Wildman–Crippen MR) is 113 cm³/mol. The first-order chi connectivity index (χ1) is 13.4. The molecule has 0 saturated carbocycles. The van der Waals surface area contributed by atoms with E-state index in [1.54, 1.807) is 0 Å². The van der Waals surface area contributed by atoms with Crippen LogP contribution in [0.4, 0.5) is 5.13 Å². The second kappa shape index (κ2) is 8.80. The Labute approximate surface area is 168 Å². The van der Waals surface area contributed by atoms with Crippen LogP contribution in [-0.2, 0) is 9.59 Å². The van der Waals surface area contributed by atoms with Gasteiger partial charge in [-0.3, -0.25) is 9.59 Å². The Kier molecular flexibility index (Phi) is 6.21. The van der Waals surface area contributed by atoms with Crippen LogP contribution in [0.25, 0.3) is 11.3 Å². The summed E-state index contributed by atoms with van der Waals surface area (Å²) in [7, 11) is 0. The third kappa shape index (κ3) is 5.04. The molecular formula is C22H23N3O2S. The SMILES string of the molecule is CC(=O)NC(CC(=O)Nc1nc(-c2ccc(C)c(C)c2)cs1)c1ccccc1. The second-order valence-electron chi connectivity index (χ2n) is 6.75. The van der Waals surface area contributed by atoms with Gasteiger partial charge in [0.25, 0.3) is 0 Å². The number of benzene rings is 2. The average molecular weight is 394 g/mol. The van der Waals surface area contributed by atoms with E-state index in [4.69, 9.17) is 0 Å². The van der Waals surface area contributed by atoms with Crippen molar-refractivity contribution < 1.29 is 9.59 Å². The minimum absolute atomic E-state index is 0.141. The Hall–Kier alpha value is -2.99. The molecule has 3 rings (SSSR count). The molecule has 0 aliphatic carbocycles. The van der Waals surface area contributed by atoms with Crippen LogP contribution < -0.4 is 10.6 Å². The second-order valence-corrected chi connectivity index (χ2v) is 7.61. The first-order valence-corrected chi connectivity index (χ1v) is 9.95. The van der Waals surface area contributed by atoms with Gasteiger partial charge in [-0.2, -0.15) is 0 Å². The fourth-order valence-corrected chi connectivity index (χ4v) is 3.64. The van der Waals surface area contributed by atoms with Crippen LogP contribution in [0, 0.1) is 13.8 Å². The van der Waals surface area contributed by atoms with E-state index in [-0.39, 0.29) is 24.3 Å². The number of hydrogen-bond acceptors (Lipinski definition) is 4. The third-order valence-corrected chi connectivity index (χ3v) is 5.28. The number of nitrogens with one attached hydrogen (secondary N) is 2. The number of aromatic nitrogens is 1. The zero-order valence-electron chi connectivity index (χ0n) is 16.2. The number of carbonyl (C=O) groups is 2. The molecule has 5 nitrogen and oxygen atoms in total. The Balaban J connectivity index is 1.69. The lowest BCUT2D eigenvalue weighted by atomic mass is 10.0. The van der Waals surface area contributed by atoms with Crippen molar-refractivity contribution in [2.24, 2.45) is 0 Å². The van der Waals surface area contributed by atoms with E-state index in [9.17, 15) is 9.59 Å². The number of aryl methyl sites for hydroxylation is 2. The van der Waals surface area contributed by atoms with Crippen LogP contribution in [0.1, 0.15) is 36.1 Å². The van der Waals surface area contributed by atoms with Gasteiger partial charge in [0, 0.05) is 17.9 Å². The van der Waals surface area contributed by atoms with E-state index in [0.717, 1.165) is 16.8 Å². The van der Waals surface area contributed by atoms with Crippen molar-refractivity contribution in [2.75, 3.05) is 5.32 Å². The van der Waals surface area contributed by atoms with E-state index in [1.165, 1.54) is 29.4 Å². The highest BCUT2D eigenvalue weighted by molar-refractivity contribution is 7.14. The van der Waals surface area contributed by atoms with Crippen molar-refractivity contribution >= 4 is 28.3 Å². The maximum absolute atomic E-state index is 12.5. The number of nitrogens with zero attached hydrogens (tertiary/aromatic N) is 1. The number of carbonyl (C=O) groups excluding carboxylic acids is 2. The van der Waals surface area contributed by atoms with Crippen LogP contribution in [0.15, 0.2) is 53.9 Å². The molecule has 2 aromatic carbocycles. The molecular weight excluding hydrogens is 370 g/mol. The summed E-state index contributed by atoms with van der Waals surface area (Å²) >= 11 is 1.39. The minimum Gasteiger partial charge on any atom is -0.349 e. The predicted octanol–water partition coefficient (Wildman–Crippen LogP) is 4.63. The van der Waals surface area contributed by atoms with Gasteiger partial charge in [0.05, 0.1) is 18.2 Å². The molecule has 1 heterocycles. The van der Waals surface area contributed by atoms with Crippen molar-refractivity contribution in [3.05, 3.63) is 70.6 Å². The van der Waals surface area contributed by atoms with Crippen molar-refractivity contribution in [3.8, 4) is 11.3 Å². The van der Waals surface area contributed by atoms with E-state index >= 15 is 0 Å². The molecule has 2 amide bonds. The molecule has 1 unspecified atom stereocenters. The Bertz CT molecular complexity index is 982. The summed E-state index contributed by atoms with van der Waals surface area (Å²) in [6.45, 7) is 5.59. The fraction of sp³-hybridized carbons (Fsp3) is 0.227. The average Bonchev–Trinajstić information content (AvgIpc) is 3.12. The van der Waals surface area contributed by atoms with E-state index in [2.05, 4.69) is 41.6 Å². The highest BCUT2D eigenvalue weighted by atomic mass is 32.1. The van der Waals surface area contributed by atoms with E-state index < -0.39 is 0 Å².